The lowest BCUT2D eigenvalue weighted by atomic mass is 10.2. The number of allylic oxidation sites excluding steroid dienone is 1. The van der Waals surface area contributed by atoms with Gasteiger partial charge in [-0.15, -0.1) is 11.8 Å². The van der Waals surface area contributed by atoms with Crippen molar-refractivity contribution in [2.45, 2.75) is 51.5 Å². The molecule has 5 rings (SSSR count). The predicted octanol–water partition coefficient (Wildman–Crippen LogP) is 4.36. The molecule has 1 saturated heterocycles. The number of pyridine rings is 1. The molecule has 17 nitrogen and oxygen atoms in total. The van der Waals surface area contributed by atoms with E-state index < -0.39 is 5.91 Å². The number of morpholine rings is 1. The molecule has 1 aliphatic rings. The molecule has 4 aromatic rings. The van der Waals surface area contributed by atoms with Crippen LogP contribution in [0.2, 0.25) is 0 Å². The Kier molecular flexibility index (Phi) is 19.5. The van der Waals surface area contributed by atoms with Crippen molar-refractivity contribution < 1.29 is 42.9 Å². The first-order valence-electron chi connectivity index (χ1n) is 18.1. The number of fused-ring (bicyclic) bond motifs is 1. The van der Waals surface area contributed by atoms with Crippen molar-refractivity contribution in [3.05, 3.63) is 65.0 Å². The molecule has 0 atom stereocenters. The van der Waals surface area contributed by atoms with E-state index in [0.717, 1.165) is 56.0 Å². The number of methoxy groups -OCH3 is 1. The molecule has 1 fully saturated rings. The second-order valence-corrected chi connectivity index (χ2v) is 13.2. The van der Waals surface area contributed by atoms with Gasteiger partial charge in [-0.3, -0.25) is 29.4 Å². The van der Waals surface area contributed by atoms with Crippen LogP contribution in [-0.2, 0) is 32.0 Å². The number of nitrogens with one attached hydrogen (secondary N) is 2. The summed E-state index contributed by atoms with van der Waals surface area (Å²) in [4.78, 5) is 62.3. The fraction of sp³-hybridized carbons (Fsp3) is 0.447. The summed E-state index contributed by atoms with van der Waals surface area (Å²) in [5, 5.41) is 13.2. The quantitative estimate of drug-likeness (QED) is 0.0361. The van der Waals surface area contributed by atoms with Gasteiger partial charge in [0.15, 0.2) is 5.89 Å². The Hall–Kier alpha value is -5.30. The number of thioether (sulfide) groups is 1. The maximum atomic E-state index is 13.5. The fourth-order valence-corrected chi connectivity index (χ4v) is 6.61. The Labute approximate surface area is 330 Å². The third kappa shape index (κ3) is 13.5. The third-order valence-corrected chi connectivity index (χ3v) is 9.17. The molecule has 0 bridgehead atoms. The van der Waals surface area contributed by atoms with Crippen molar-refractivity contribution >= 4 is 59.2 Å². The second-order valence-electron chi connectivity index (χ2n) is 12.0. The molecule has 3 aromatic heterocycles. The molecule has 56 heavy (non-hydrogen) atoms. The van der Waals surface area contributed by atoms with Crippen molar-refractivity contribution in [2.75, 3.05) is 76.5 Å². The Bertz CT molecular complexity index is 1910. The average Bonchev–Trinajstić information content (AvgIpc) is 3.77. The summed E-state index contributed by atoms with van der Waals surface area (Å²) in [7, 11) is 2.88. The molecule has 5 N–H and O–H groups in total. The summed E-state index contributed by atoms with van der Waals surface area (Å²) >= 11 is 1.54. The second kappa shape index (κ2) is 24.3. The molecule has 0 saturated carbocycles. The van der Waals surface area contributed by atoms with Gasteiger partial charge >= 0.3 is 5.97 Å². The molecule has 0 aliphatic carbocycles. The largest absolute Gasteiger partial charge is 0.491 e. The van der Waals surface area contributed by atoms with Gasteiger partial charge in [0.2, 0.25) is 11.7 Å². The smallest absolute Gasteiger partial charge is 0.306 e. The zero-order valence-corrected chi connectivity index (χ0v) is 33.4. The highest BCUT2D eigenvalue weighted by atomic mass is 32.2. The number of carbonyl (C=O) groups excluding carboxylic acids is 3. The highest BCUT2D eigenvalue weighted by Crippen LogP contribution is 2.32. The molecular weight excluding hydrogens is 745 g/mol. The van der Waals surface area contributed by atoms with Gasteiger partial charge in [0.05, 0.1) is 44.6 Å². The molecule has 1 aliphatic heterocycles. The van der Waals surface area contributed by atoms with E-state index in [1.54, 1.807) is 25.3 Å². The van der Waals surface area contributed by atoms with Crippen molar-refractivity contribution in [3.63, 3.8) is 0 Å². The van der Waals surface area contributed by atoms with Gasteiger partial charge in [-0.1, -0.05) is 19.1 Å². The van der Waals surface area contributed by atoms with E-state index in [4.69, 9.17) is 33.5 Å². The van der Waals surface area contributed by atoms with Crippen LogP contribution in [0.4, 0.5) is 11.8 Å². The number of carbonyl (C=O) groups is 4. The number of rotatable bonds is 18. The number of esters is 1. The molecule has 1 amide bonds. The van der Waals surface area contributed by atoms with Crippen LogP contribution >= 0.6 is 11.8 Å². The van der Waals surface area contributed by atoms with E-state index in [9.17, 15) is 14.4 Å². The highest BCUT2D eigenvalue weighted by Gasteiger charge is 2.23. The highest BCUT2D eigenvalue weighted by molar-refractivity contribution is 7.99. The first kappa shape index (κ1) is 45.1. The number of hydrogen-bond acceptors (Lipinski definition) is 15. The fourth-order valence-electron chi connectivity index (χ4n) is 5.59. The number of aryl methyl sites for hydroxylation is 3. The number of imidazole rings is 1. The molecule has 18 heteroatoms. The maximum absolute atomic E-state index is 13.5. The van der Waals surface area contributed by atoms with Crippen LogP contribution < -0.4 is 21.1 Å². The molecule has 0 radical (unpaired) electrons. The number of oxazole rings is 1. The number of ether oxygens (including phenoxy) is 3. The van der Waals surface area contributed by atoms with Gasteiger partial charge in [0.25, 0.3) is 12.4 Å². The van der Waals surface area contributed by atoms with E-state index >= 15 is 0 Å². The summed E-state index contributed by atoms with van der Waals surface area (Å²) in [5.74, 6) is 1.86. The summed E-state index contributed by atoms with van der Waals surface area (Å²) in [5.41, 5.74) is 7.64. The van der Waals surface area contributed by atoms with Gasteiger partial charge in [-0.2, -0.15) is 0 Å². The molecule has 304 valence electrons. The van der Waals surface area contributed by atoms with Crippen LogP contribution in [0.1, 0.15) is 57.8 Å². The SMILES string of the molecule is CCc1nc(C)oc1C(=O)Nc1nc2cc(C=O)cc(OCCCN3CCOCC3)c2n1C/C=C/CNc1ncc(C)cc1SCCC(=O)OC.CN.O=CO. The van der Waals surface area contributed by atoms with Crippen molar-refractivity contribution in [1.82, 2.24) is 24.4 Å². The van der Waals surface area contributed by atoms with Crippen LogP contribution in [0.25, 0.3) is 11.0 Å². The number of amides is 1. The van der Waals surface area contributed by atoms with Crippen LogP contribution in [0, 0.1) is 13.8 Å². The normalized spacial score (nSPS) is 12.6. The summed E-state index contributed by atoms with van der Waals surface area (Å²) in [6, 6.07) is 5.42. The lowest BCUT2D eigenvalue weighted by molar-refractivity contribution is -0.140. The summed E-state index contributed by atoms with van der Waals surface area (Å²) in [6.45, 7) is 10.7. The zero-order chi connectivity index (χ0) is 40.9. The van der Waals surface area contributed by atoms with Crippen LogP contribution in [-0.4, -0.2) is 120 Å². The van der Waals surface area contributed by atoms with E-state index in [0.29, 0.717) is 78.0 Å². The minimum Gasteiger partial charge on any atom is -0.491 e. The molecule has 1 aromatic carbocycles. The first-order chi connectivity index (χ1) is 27.2. The number of aromatic nitrogens is 4. The van der Waals surface area contributed by atoms with Crippen LogP contribution in [0.5, 0.6) is 5.75 Å². The van der Waals surface area contributed by atoms with Gasteiger partial charge in [-0.05, 0) is 50.6 Å². The predicted molar refractivity (Wildman–Crippen MR) is 214 cm³/mol. The summed E-state index contributed by atoms with van der Waals surface area (Å²) < 4.78 is 24.0. The molecule has 0 spiro atoms. The van der Waals surface area contributed by atoms with Gasteiger partial charge in [0.1, 0.15) is 23.4 Å². The first-order valence-corrected chi connectivity index (χ1v) is 19.1. The van der Waals surface area contributed by atoms with Crippen molar-refractivity contribution in [2.24, 2.45) is 5.73 Å². The van der Waals surface area contributed by atoms with Crippen molar-refractivity contribution in [3.8, 4) is 5.75 Å². The zero-order valence-electron chi connectivity index (χ0n) is 32.5. The molecular formula is C38H52N8O9S. The topological polar surface area (TPSA) is 226 Å². The standard InChI is InChI=1S/C36H45N7O7S.CH5N.CH2O2/c1-5-27-33(50-25(3)39-27)35(46)41-36-40-28-20-26(23-44)21-29(49-15-8-11-42-13-16-48-17-14-42)32(28)43(36)12-7-6-10-37-34-30(19-24(2)22-38-34)51-18-9-31(45)47-4;1-2;2-1-3/h6-7,19-23H,5,8-18H2,1-4H3,(H,37,38)(H,40,41,46);2H2,1H3;1H,(H,2,3)/b7-6+;;. The Morgan fingerprint density at radius 1 is 1.11 bits per heavy atom. The Balaban J connectivity index is 0.00000160. The van der Waals surface area contributed by atoms with E-state index in [1.165, 1.54) is 25.9 Å². The third-order valence-electron chi connectivity index (χ3n) is 8.14. The van der Waals surface area contributed by atoms with Gasteiger partial charge < -0.3 is 39.4 Å². The number of nitrogens with zero attached hydrogens (tertiary/aromatic N) is 5. The van der Waals surface area contributed by atoms with E-state index in [1.807, 2.05) is 36.6 Å². The monoisotopic (exact) mass is 796 g/mol. The number of anilines is 2. The number of aldehydes is 1. The van der Waals surface area contributed by atoms with Crippen LogP contribution in [0.15, 0.2) is 45.9 Å². The molecule has 0 unspecified atom stereocenters. The lowest BCUT2D eigenvalue weighted by Gasteiger charge is -2.26. The van der Waals surface area contributed by atoms with Gasteiger partial charge in [0, 0.05) is 62.1 Å². The van der Waals surface area contributed by atoms with Crippen LogP contribution in [0.3, 0.4) is 0 Å². The maximum Gasteiger partial charge on any atom is 0.306 e. The minimum atomic E-state index is -0.471. The lowest BCUT2D eigenvalue weighted by Crippen LogP contribution is -2.37. The number of hydrogen-bond donors (Lipinski definition) is 4. The number of benzene rings is 1. The van der Waals surface area contributed by atoms with Gasteiger partial charge in [-0.25, -0.2) is 15.0 Å². The van der Waals surface area contributed by atoms with Crippen molar-refractivity contribution in [1.29, 1.82) is 0 Å². The molecule has 4 heterocycles. The minimum absolute atomic E-state index is 0.132. The number of nitrogens with two attached hydrogens (primary N) is 1. The Morgan fingerprint density at radius 2 is 1.86 bits per heavy atom. The number of carboxylic acid groups (broad SMARTS) is 1. The van der Waals surface area contributed by atoms with E-state index in [2.05, 4.69) is 31.2 Å². The average molecular weight is 797 g/mol. The Morgan fingerprint density at radius 3 is 2.55 bits per heavy atom. The van der Waals surface area contributed by atoms with E-state index in [-0.39, 0.29) is 24.2 Å². The summed E-state index contributed by atoms with van der Waals surface area (Å²) in [6.07, 6.45) is 8.08.